The minimum Gasteiger partial charge on any atom is -0.346 e. The molecule has 0 aliphatic rings. The second-order valence-corrected chi connectivity index (χ2v) is 6.78. The fourth-order valence-electron chi connectivity index (χ4n) is 2.65. The summed E-state index contributed by atoms with van der Waals surface area (Å²) < 4.78 is 1.04. The third kappa shape index (κ3) is 4.57. The van der Waals surface area contributed by atoms with E-state index in [0.717, 1.165) is 27.1 Å². The monoisotopic (exact) mass is 397 g/mol. The number of H-pyrrole nitrogens is 1. The molecule has 128 valence electrons. The Morgan fingerprint density at radius 1 is 1.16 bits per heavy atom. The van der Waals surface area contributed by atoms with Crippen molar-refractivity contribution in [2.24, 2.45) is 0 Å². The van der Waals surface area contributed by atoms with Gasteiger partial charge in [0.1, 0.15) is 5.82 Å². The number of imidazole rings is 1. The summed E-state index contributed by atoms with van der Waals surface area (Å²) in [6, 6.07) is 17.8. The van der Waals surface area contributed by atoms with Crippen LogP contribution in [0.1, 0.15) is 30.8 Å². The Hall–Kier alpha value is -2.40. The van der Waals surface area contributed by atoms with Gasteiger partial charge in [-0.05, 0) is 30.5 Å². The quantitative estimate of drug-likeness (QED) is 0.635. The number of aromatic nitrogens is 2. The summed E-state index contributed by atoms with van der Waals surface area (Å²) in [4.78, 5) is 19.9. The Morgan fingerprint density at radius 3 is 2.64 bits per heavy atom. The molecule has 3 rings (SSSR count). The second kappa shape index (κ2) is 8.12. The number of aromatic amines is 1. The van der Waals surface area contributed by atoms with Gasteiger partial charge in [-0.3, -0.25) is 4.79 Å². The first-order valence-electron chi connectivity index (χ1n) is 8.26. The number of amides is 1. The molecule has 1 aromatic heterocycles. The number of nitrogens with zero attached hydrogens (tertiary/aromatic N) is 1. The van der Waals surface area contributed by atoms with Crippen LogP contribution in [0.25, 0.3) is 11.3 Å². The van der Waals surface area contributed by atoms with E-state index in [-0.39, 0.29) is 11.9 Å². The van der Waals surface area contributed by atoms with E-state index in [9.17, 15) is 4.79 Å². The van der Waals surface area contributed by atoms with Crippen molar-refractivity contribution in [3.8, 4) is 11.3 Å². The molecular weight excluding hydrogens is 378 g/mol. The lowest BCUT2D eigenvalue weighted by atomic mass is 10.1. The highest BCUT2D eigenvalue weighted by atomic mass is 79.9. The van der Waals surface area contributed by atoms with Crippen LogP contribution in [-0.2, 0) is 11.2 Å². The van der Waals surface area contributed by atoms with E-state index in [2.05, 4.69) is 31.2 Å². The van der Waals surface area contributed by atoms with Gasteiger partial charge in [-0.2, -0.15) is 0 Å². The van der Waals surface area contributed by atoms with E-state index >= 15 is 0 Å². The number of aryl methyl sites for hydroxylation is 1. The van der Waals surface area contributed by atoms with Crippen molar-refractivity contribution >= 4 is 21.8 Å². The first-order valence-corrected chi connectivity index (χ1v) is 9.06. The van der Waals surface area contributed by atoms with Crippen molar-refractivity contribution in [1.29, 1.82) is 0 Å². The van der Waals surface area contributed by atoms with Gasteiger partial charge in [0.15, 0.2) is 0 Å². The van der Waals surface area contributed by atoms with Gasteiger partial charge in [0.05, 0.1) is 17.9 Å². The lowest BCUT2D eigenvalue weighted by molar-refractivity contribution is -0.121. The van der Waals surface area contributed by atoms with Crippen LogP contribution in [0, 0.1) is 0 Å². The molecule has 2 N–H and O–H groups in total. The molecule has 1 unspecified atom stereocenters. The molecule has 0 saturated heterocycles. The molecule has 0 spiro atoms. The number of carbonyl (C=O) groups is 1. The van der Waals surface area contributed by atoms with Gasteiger partial charge in [0.2, 0.25) is 5.91 Å². The molecule has 1 heterocycles. The molecule has 25 heavy (non-hydrogen) atoms. The number of rotatable bonds is 6. The first kappa shape index (κ1) is 17.4. The molecule has 0 aliphatic heterocycles. The molecular formula is C20H20BrN3O. The van der Waals surface area contributed by atoms with E-state index in [0.29, 0.717) is 12.8 Å². The van der Waals surface area contributed by atoms with E-state index in [1.807, 2.05) is 61.5 Å². The zero-order valence-corrected chi connectivity index (χ0v) is 15.6. The average molecular weight is 398 g/mol. The Labute approximate surface area is 155 Å². The summed E-state index contributed by atoms with van der Waals surface area (Å²) in [6.07, 6.45) is 2.95. The molecule has 0 aliphatic carbocycles. The van der Waals surface area contributed by atoms with Crippen LogP contribution >= 0.6 is 15.9 Å². The molecule has 0 radical (unpaired) electrons. The SMILES string of the molecule is CC(NC(=O)CCc1ccccc1Br)c1ncc(-c2ccccc2)[nH]1. The summed E-state index contributed by atoms with van der Waals surface area (Å²) >= 11 is 3.51. The highest BCUT2D eigenvalue weighted by molar-refractivity contribution is 9.10. The smallest absolute Gasteiger partial charge is 0.220 e. The van der Waals surface area contributed by atoms with Gasteiger partial charge in [0.25, 0.3) is 0 Å². The number of hydrogen-bond acceptors (Lipinski definition) is 2. The van der Waals surface area contributed by atoms with Gasteiger partial charge in [-0.15, -0.1) is 0 Å². The molecule has 5 heteroatoms. The van der Waals surface area contributed by atoms with Gasteiger partial charge >= 0.3 is 0 Å². The van der Waals surface area contributed by atoms with E-state index in [4.69, 9.17) is 0 Å². The van der Waals surface area contributed by atoms with Crippen molar-refractivity contribution in [1.82, 2.24) is 15.3 Å². The summed E-state index contributed by atoms with van der Waals surface area (Å²) in [5, 5.41) is 3.00. The molecule has 0 bridgehead atoms. The van der Waals surface area contributed by atoms with Crippen LogP contribution in [0.3, 0.4) is 0 Å². The minimum atomic E-state index is -0.163. The molecule has 0 fully saturated rings. The zero-order chi connectivity index (χ0) is 17.6. The van der Waals surface area contributed by atoms with Crippen molar-refractivity contribution in [3.63, 3.8) is 0 Å². The van der Waals surface area contributed by atoms with Crippen LogP contribution in [0.4, 0.5) is 0 Å². The number of carbonyl (C=O) groups excluding carboxylic acids is 1. The van der Waals surface area contributed by atoms with E-state index < -0.39 is 0 Å². The second-order valence-electron chi connectivity index (χ2n) is 5.93. The molecule has 1 atom stereocenters. The van der Waals surface area contributed by atoms with Crippen molar-refractivity contribution in [3.05, 3.63) is 76.7 Å². The number of nitrogens with one attached hydrogen (secondary N) is 2. The number of halogens is 1. The van der Waals surface area contributed by atoms with Crippen molar-refractivity contribution in [2.45, 2.75) is 25.8 Å². The maximum atomic E-state index is 12.2. The summed E-state index contributed by atoms with van der Waals surface area (Å²) in [5.41, 5.74) is 3.16. The van der Waals surface area contributed by atoms with Crippen LogP contribution in [-0.4, -0.2) is 15.9 Å². The Morgan fingerprint density at radius 2 is 1.88 bits per heavy atom. The standard InChI is InChI=1S/C20H20BrN3O/c1-14(20-22-13-18(24-20)16-8-3-2-4-9-16)23-19(25)12-11-15-7-5-6-10-17(15)21/h2-10,13-14H,11-12H2,1H3,(H,22,24)(H,23,25). The maximum Gasteiger partial charge on any atom is 0.220 e. The minimum absolute atomic E-state index is 0.0147. The van der Waals surface area contributed by atoms with Crippen LogP contribution < -0.4 is 5.32 Å². The van der Waals surface area contributed by atoms with Gasteiger partial charge < -0.3 is 10.3 Å². The van der Waals surface area contributed by atoms with Crippen LogP contribution in [0.2, 0.25) is 0 Å². The summed E-state index contributed by atoms with van der Waals surface area (Å²) in [6.45, 7) is 1.93. The molecule has 0 saturated carbocycles. The Bertz CT molecular complexity index is 845. The van der Waals surface area contributed by atoms with Gasteiger partial charge in [0, 0.05) is 10.9 Å². The topological polar surface area (TPSA) is 57.8 Å². The fourth-order valence-corrected chi connectivity index (χ4v) is 3.14. The van der Waals surface area contributed by atoms with Crippen LogP contribution in [0.5, 0.6) is 0 Å². The predicted molar refractivity (Wildman–Crippen MR) is 103 cm³/mol. The summed E-state index contributed by atoms with van der Waals surface area (Å²) in [7, 11) is 0. The first-order chi connectivity index (χ1) is 12.1. The molecule has 3 aromatic rings. The zero-order valence-electron chi connectivity index (χ0n) is 14.0. The summed E-state index contributed by atoms with van der Waals surface area (Å²) in [5.74, 6) is 0.772. The predicted octanol–water partition coefficient (Wildman–Crippen LogP) is 4.65. The van der Waals surface area contributed by atoms with Gasteiger partial charge in [-0.25, -0.2) is 4.98 Å². The molecule has 4 nitrogen and oxygen atoms in total. The fraction of sp³-hybridized carbons (Fsp3) is 0.200. The highest BCUT2D eigenvalue weighted by Crippen LogP contribution is 2.20. The Balaban J connectivity index is 1.57. The maximum absolute atomic E-state index is 12.2. The van der Waals surface area contributed by atoms with Gasteiger partial charge in [-0.1, -0.05) is 64.5 Å². The van der Waals surface area contributed by atoms with Crippen molar-refractivity contribution in [2.75, 3.05) is 0 Å². The number of benzene rings is 2. The third-order valence-electron chi connectivity index (χ3n) is 4.05. The lowest BCUT2D eigenvalue weighted by Crippen LogP contribution is -2.27. The largest absolute Gasteiger partial charge is 0.346 e. The highest BCUT2D eigenvalue weighted by Gasteiger charge is 2.13. The third-order valence-corrected chi connectivity index (χ3v) is 4.82. The van der Waals surface area contributed by atoms with E-state index in [1.54, 1.807) is 6.20 Å². The lowest BCUT2D eigenvalue weighted by Gasteiger charge is -2.12. The molecule has 2 aromatic carbocycles. The van der Waals surface area contributed by atoms with E-state index in [1.165, 1.54) is 0 Å². The average Bonchev–Trinajstić information content (AvgIpc) is 3.12. The number of hydrogen-bond donors (Lipinski definition) is 2. The molecule has 1 amide bonds. The normalized spacial score (nSPS) is 11.9. The van der Waals surface area contributed by atoms with Crippen molar-refractivity contribution < 1.29 is 4.79 Å². The Kier molecular flexibility index (Phi) is 5.66. The van der Waals surface area contributed by atoms with Crippen LogP contribution in [0.15, 0.2) is 65.3 Å².